The van der Waals surface area contributed by atoms with Crippen LogP contribution in [0.15, 0.2) is 46.9 Å². The van der Waals surface area contributed by atoms with Gasteiger partial charge in [-0.1, -0.05) is 23.7 Å². The van der Waals surface area contributed by atoms with Crippen LogP contribution in [0.4, 0.5) is 0 Å². The van der Waals surface area contributed by atoms with E-state index in [1.54, 1.807) is 42.5 Å². The van der Waals surface area contributed by atoms with Crippen LogP contribution in [-0.4, -0.2) is 5.78 Å². The van der Waals surface area contributed by atoms with E-state index in [0.29, 0.717) is 21.6 Å². The van der Waals surface area contributed by atoms with Gasteiger partial charge in [-0.15, -0.1) is 0 Å². The number of carbonyl (C=O) groups excluding carboxylic acids is 1. The lowest BCUT2D eigenvalue weighted by Crippen LogP contribution is -1.93. The summed E-state index contributed by atoms with van der Waals surface area (Å²) >= 11 is 11.4. The number of furan rings is 1. The van der Waals surface area contributed by atoms with E-state index >= 15 is 0 Å². The summed E-state index contributed by atoms with van der Waals surface area (Å²) in [6.07, 6.45) is 2.98. The highest BCUT2D eigenvalue weighted by molar-refractivity contribution is 6.31. The fourth-order valence-electron chi connectivity index (χ4n) is 1.31. The standard InChI is InChI=1S/C13H8Cl2O2/c14-10-3-1-2-9(8-10)12(16)6-4-11-5-7-13(15)17-11/h1-8H/b6-4+. The van der Waals surface area contributed by atoms with Crippen molar-refractivity contribution < 1.29 is 9.21 Å². The minimum absolute atomic E-state index is 0.139. The van der Waals surface area contributed by atoms with E-state index in [1.807, 2.05) is 0 Å². The predicted molar refractivity (Wildman–Crippen MR) is 68.5 cm³/mol. The zero-order chi connectivity index (χ0) is 12.3. The Kier molecular flexibility index (Phi) is 3.67. The average molecular weight is 267 g/mol. The molecule has 2 aromatic rings. The number of halogens is 2. The van der Waals surface area contributed by atoms with Gasteiger partial charge in [-0.05, 0) is 48.0 Å². The van der Waals surface area contributed by atoms with E-state index in [4.69, 9.17) is 27.6 Å². The molecular weight excluding hydrogens is 259 g/mol. The summed E-state index contributed by atoms with van der Waals surface area (Å²) in [5.41, 5.74) is 0.534. The topological polar surface area (TPSA) is 30.2 Å². The third-order valence-corrected chi connectivity index (χ3v) is 2.54. The number of hydrogen-bond acceptors (Lipinski definition) is 2. The van der Waals surface area contributed by atoms with Gasteiger partial charge in [0.25, 0.3) is 0 Å². The second-order valence-corrected chi connectivity index (χ2v) is 4.16. The SMILES string of the molecule is O=C(/C=C/c1ccc(Cl)o1)c1cccc(Cl)c1. The van der Waals surface area contributed by atoms with Crippen LogP contribution in [-0.2, 0) is 0 Å². The normalized spacial score (nSPS) is 10.9. The molecule has 86 valence electrons. The summed E-state index contributed by atoms with van der Waals surface area (Å²) in [5.74, 6) is 0.394. The van der Waals surface area contributed by atoms with Gasteiger partial charge >= 0.3 is 0 Å². The third kappa shape index (κ3) is 3.22. The van der Waals surface area contributed by atoms with Gasteiger partial charge in [0.1, 0.15) is 5.76 Å². The second kappa shape index (κ2) is 5.21. The number of allylic oxidation sites excluding steroid dienone is 1. The van der Waals surface area contributed by atoms with Gasteiger partial charge in [0.15, 0.2) is 11.0 Å². The Bertz CT molecular complexity index is 570. The van der Waals surface area contributed by atoms with Gasteiger partial charge in [-0.25, -0.2) is 0 Å². The molecular formula is C13H8Cl2O2. The zero-order valence-electron chi connectivity index (χ0n) is 8.69. The predicted octanol–water partition coefficient (Wildman–Crippen LogP) is 4.48. The number of hydrogen-bond donors (Lipinski definition) is 0. The summed E-state index contributed by atoms with van der Waals surface area (Å²) < 4.78 is 5.09. The highest BCUT2D eigenvalue weighted by Gasteiger charge is 2.02. The van der Waals surface area contributed by atoms with Crippen molar-refractivity contribution in [1.29, 1.82) is 0 Å². The smallest absolute Gasteiger partial charge is 0.193 e. The molecule has 0 aliphatic heterocycles. The molecule has 0 radical (unpaired) electrons. The van der Waals surface area contributed by atoms with Crippen molar-refractivity contribution in [3.05, 3.63) is 64.0 Å². The first-order valence-electron chi connectivity index (χ1n) is 4.88. The number of rotatable bonds is 3. The van der Waals surface area contributed by atoms with Crippen molar-refractivity contribution in [1.82, 2.24) is 0 Å². The van der Waals surface area contributed by atoms with E-state index in [-0.39, 0.29) is 5.78 Å². The van der Waals surface area contributed by atoms with Crippen molar-refractivity contribution in [2.24, 2.45) is 0 Å². The quantitative estimate of drug-likeness (QED) is 0.606. The minimum Gasteiger partial charge on any atom is -0.445 e. The molecule has 2 nitrogen and oxygen atoms in total. The van der Waals surface area contributed by atoms with E-state index in [2.05, 4.69) is 0 Å². The monoisotopic (exact) mass is 266 g/mol. The second-order valence-electron chi connectivity index (χ2n) is 3.35. The van der Waals surface area contributed by atoms with Gasteiger partial charge in [0.05, 0.1) is 0 Å². The Morgan fingerprint density at radius 3 is 2.65 bits per heavy atom. The fraction of sp³-hybridized carbons (Fsp3) is 0. The molecule has 0 unspecified atom stereocenters. The maximum atomic E-state index is 11.8. The van der Waals surface area contributed by atoms with Crippen molar-refractivity contribution >= 4 is 35.1 Å². The molecule has 1 aromatic carbocycles. The molecule has 0 fully saturated rings. The Morgan fingerprint density at radius 1 is 1.18 bits per heavy atom. The van der Waals surface area contributed by atoms with Gasteiger partial charge < -0.3 is 4.42 Å². The first-order chi connectivity index (χ1) is 8.15. The van der Waals surface area contributed by atoms with Gasteiger partial charge in [0.2, 0.25) is 0 Å². The number of ketones is 1. The molecule has 1 heterocycles. The van der Waals surface area contributed by atoms with E-state index < -0.39 is 0 Å². The Morgan fingerprint density at radius 2 is 2.00 bits per heavy atom. The van der Waals surface area contributed by atoms with Crippen LogP contribution in [0.1, 0.15) is 16.1 Å². The van der Waals surface area contributed by atoms with Crippen LogP contribution in [0.2, 0.25) is 10.2 Å². The molecule has 0 bridgehead atoms. The Labute approximate surface area is 108 Å². The number of benzene rings is 1. The summed E-state index contributed by atoms with van der Waals surface area (Å²) in [4.78, 5) is 11.8. The average Bonchev–Trinajstić information content (AvgIpc) is 2.72. The molecule has 2 rings (SSSR count). The molecule has 0 aliphatic carbocycles. The zero-order valence-corrected chi connectivity index (χ0v) is 10.2. The first kappa shape index (κ1) is 12.0. The molecule has 17 heavy (non-hydrogen) atoms. The van der Waals surface area contributed by atoms with Gasteiger partial charge in [0, 0.05) is 10.6 Å². The first-order valence-corrected chi connectivity index (χ1v) is 5.64. The molecule has 0 atom stereocenters. The van der Waals surface area contributed by atoms with Crippen LogP contribution in [0.25, 0.3) is 6.08 Å². The molecule has 0 saturated carbocycles. The van der Waals surface area contributed by atoms with Crippen molar-refractivity contribution in [2.75, 3.05) is 0 Å². The van der Waals surface area contributed by atoms with Crippen LogP contribution in [0.5, 0.6) is 0 Å². The van der Waals surface area contributed by atoms with Crippen LogP contribution in [0, 0.1) is 0 Å². The lowest BCUT2D eigenvalue weighted by Gasteiger charge is -1.95. The lowest BCUT2D eigenvalue weighted by molar-refractivity contribution is 0.104. The summed E-state index contributed by atoms with van der Waals surface area (Å²) in [7, 11) is 0. The number of carbonyl (C=O) groups is 1. The van der Waals surface area contributed by atoms with Crippen LogP contribution < -0.4 is 0 Å². The largest absolute Gasteiger partial charge is 0.445 e. The van der Waals surface area contributed by atoms with Gasteiger partial charge in [-0.3, -0.25) is 4.79 Å². The minimum atomic E-state index is -0.139. The maximum Gasteiger partial charge on any atom is 0.193 e. The van der Waals surface area contributed by atoms with Crippen LogP contribution >= 0.6 is 23.2 Å². The Hall–Kier alpha value is -1.51. The van der Waals surface area contributed by atoms with Crippen molar-refractivity contribution in [3.8, 4) is 0 Å². The highest BCUT2D eigenvalue weighted by Crippen LogP contribution is 2.15. The molecule has 0 saturated heterocycles. The van der Waals surface area contributed by atoms with E-state index in [1.165, 1.54) is 6.08 Å². The summed E-state index contributed by atoms with van der Waals surface area (Å²) in [5, 5.41) is 0.824. The van der Waals surface area contributed by atoms with Gasteiger partial charge in [-0.2, -0.15) is 0 Å². The highest BCUT2D eigenvalue weighted by atomic mass is 35.5. The van der Waals surface area contributed by atoms with Crippen molar-refractivity contribution in [2.45, 2.75) is 0 Å². The summed E-state index contributed by atoms with van der Waals surface area (Å²) in [6, 6.07) is 10.1. The maximum absolute atomic E-state index is 11.8. The van der Waals surface area contributed by atoms with Crippen LogP contribution in [0.3, 0.4) is 0 Å². The van der Waals surface area contributed by atoms with E-state index in [0.717, 1.165) is 0 Å². The Balaban J connectivity index is 2.14. The summed E-state index contributed by atoms with van der Waals surface area (Å²) in [6.45, 7) is 0. The molecule has 1 aromatic heterocycles. The lowest BCUT2D eigenvalue weighted by atomic mass is 10.1. The van der Waals surface area contributed by atoms with E-state index in [9.17, 15) is 4.79 Å². The molecule has 0 amide bonds. The third-order valence-electron chi connectivity index (χ3n) is 2.10. The van der Waals surface area contributed by atoms with Crippen molar-refractivity contribution in [3.63, 3.8) is 0 Å². The molecule has 0 N–H and O–H groups in total. The molecule has 0 spiro atoms. The fourth-order valence-corrected chi connectivity index (χ4v) is 1.66. The molecule has 0 aliphatic rings. The molecule has 4 heteroatoms.